The van der Waals surface area contributed by atoms with E-state index in [0.29, 0.717) is 17.9 Å². The van der Waals surface area contributed by atoms with Gasteiger partial charge in [0.15, 0.2) is 11.5 Å². The minimum Gasteiger partial charge on any atom is -0.382 e. The molecule has 2 N–H and O–H groups in total. The first-order valence-electron chi connectivity index (χ1n) is 8.86. The van der Waals surface area contributed by atoms with Gasteiger partial charge in [0, 0.05) is 30.4 Å². The quantitative estimate of drug-likeness (QED) is 0.735. The minimum atomic E-state index is -0.699. The Hall–Kier alpha value is -3.23. The average molecular weight is 367 g/mol. The lowest BCUT2D eigenvalue weighted by Crippen LogP contribution is -2.28. The highest BCUT2D eigenvalue weighted by Gasteiger charge is 2.31. The number of hydrogen-bond acceptors (Lipinski definition) is 6. The van der Waals surface area contributed by atoms with E-state index in [1.165, 1.54) is 0 Å². The van der Waals surface area contributed by atoms with Crippen molar-refractivity contribution in [3.63, 3.8) is 0 Å². The topological polar surface area (TPSA) is 110 Å². The van der Waals surface area contributed by atoms with Crippen molar-refractivity contribution in [3.05, 3.63) is 34.8 Å². The molecule has 0 fully saturated rings. The molecule has 3 aromatic rings. The summed E-state index contributed by atoms with van der Waals surface area (Å²) < 4.78 is 1.84. The summed E-state index contributed by atoms with van der Waals surface area (Å²) in [6.07, 6.45) is 1.62. The fourth-order valence-electron chi connectivity index (χ4n) is 3.31. The van der Waals surface area contributed by atoms with Crippen molar-refractivity contribution in [2.45, 2.75) is 46.8 Å². The Labute approximate surface area is 155 Å². The molecule has 1 atom stereocenters. The number of pyridine rings is 1. The fourth-order valence-corrected chi connectivity index (χ4v) is 3.31. The van der Waals surface area contributed by atoms with Gasteiger partial charge in [-0.1, -0.05) is 5.16 Å². The number of fused-ring (bicyclic) bond motifs is 1. The van der Waals surface area contributed by atoms with Crippen LogP contribution in [0.1, 0.15) is 35.9 Å². The van der Waals surface area contributed by atoms with Crippen molar-refractivity contribution in [1.29, 1.82) is 0 Å². The Kier molecular flexibility index (Phi) is 4.14. The van der Waals surface area contributed by atoms with Crippen molar-refractivity contribution in [3.8, 4) is 0 Å². The van der Waals surface area contributed by atoms with Crippen LogP contribution >= 0.6 is 0 Å². The number of rotatable bonds is 4. The number of carbonyl (C=O) groups excluding carboxylic acids is 1. The lowest BCUT2D eigenvalue weighted by atomic mass is 10.1. The SMILES string of the molecule is CCn1cc(C2=NOC(C(=O)Nc3n[nH]c4nc(C)cc(C)c34)C2)c(C)n1. The number of carbonyl (C=O) groups is 1. The van der Waals surface area contributed by atoms with E-state index in [1.54, 1.807) is 0 Å². The summed E-state index contributed by atoms with van der Waals surface area (Å²) in [4.78, 5) is 22.4. The Bertz CT molecular complexity index is 1060. The first-order chi connectivity index (χ1) is 13.0. The van der Waals surface area contributed by atoms with Crippen molar-refractivity contribution in [2.75, 3.05) is 5.32 Å². The summed E-state index contributed by atoms with van der Waals surface area (Å²) in [7, 11) is 0. The zero-order valence-electron chi connectivity index (χ0n) is 15.7. The molecule has 0 saturated heterocycles. The second-order valence-electron chi connectivity index (χ2n) is 6.69. The third-order valence-corrected chi connectivity index (χ3v) is 4.64. The van der Waals surface area contributed by atoms with Crippen LogP contribution in [0.2, 0.25) is 0 Å². The van der Waals surface area contributed by atoms with E-state index < -0.39 is 6.10 Å². The average Bonchev–Trinajstić information content (AvgIpc) is 3.33. The second kappa shape index (κ2) is 6.49. The zero-order valence-corrected chi connectivity index (χ0v) is 15.7. The number of aryl methyl sites for hydroxylation is 4. The number of hydrogen-bond donors (Lipinski definition) is 2. The van der Waals surface area contributed by atoms with Gasteiger partial charge in [0.25, 0.3) is 5.91 Å². The van der Waals surface area contributed by atoms with E-state index >= 15 is 0 Å². The summed E-state index contributed by atoms with van der Waals surface area (Å²) in [5.74, 6) is 0.162. The van der Waals surface area contributed by atoms with Crippen molar-refractivity contribution in [1.82, 2.24) is 25.0 Å². The van der Waals surface area contributed by atoms with Crippen LogP contribution in [-0.2, 0) is 16.2 Å². The Morgan fingerprint density at radius 2 is 2.22 bits per heavy atom. The molecule has 3 aromatic heterocycles. The molecular weight excluding hydrogens is 346 g/mol. The van der Waals surface area contributed by atoms with Gasteiger partial charge in [0.1, 0.15) is 0 Å². The first-order valence-corrected chi connectivity index (χ1v) is 8.86. The lowest BCUT2D eigenvalue weighted by molar-refractivity contribution is -0.125. The molecule has 0 saturated carbocycles. The number of H-pyrrole nitrogens is 1. The summed E-state index contributed by atoms with van der Waals surface area (Å²) in [5, 5.41) is 19.2. The van der Waals surface area contributed by atoms with Crippen LogP contribution < -0.4 is 5.32 Å². The monoisotopic (exact) mass is 367 g/mol. The molecule has 0 aromatic carbocycles. The predicted octanol–water partition coefficient (Wildman–Crippen LogP) is 2.23. The van der Waals surface area contributed by atoms with Gasteiger partial charge in [-0.05, 0) is 39.3 Å². The second-order valence-corrected chi connectivity index (χ2v) is 6.69. The van der Waals surface area contributed by atoms with Crippen LogP contribution in [-0.4, -0.2) is 42.7 Å². The number of oxime groups is 1. The maximum Gasteiger partial charge on any atom is 0.269 e. The normalized spacial score (nSPS) is 16.4. The molecule has 4 heterocycles. The van der Waals surface area contributed by atoms with E-state index in [2.05, 4.69) is 30.8 Å². The molecule has 0 spiro atoms. The van der Waals surface area contributed by atoms with Crippen LogP contribution in [0.3, 0.4) is 0 Å². The fraction of sp³-hybridized carbons (Fsp3) is 0.389. The Morgan fingerprint density at radius 1 is 1.41 bits per heavy atom. The number of nitrogens with one attached hydrogen (secondary N) is 2. The smallest absolute Gasteiger partial charge is 0.269 e. The van der Waals surface area contributed by atoms with E-state index in [1.807, 2.05) is 44.6 Å². The Balaban J connectivity index is 1.50. The molecule has 1 amide bonds. The summed E-state index contributed by atoms with van der Waals surface area (Å²) in [6, 6.07) is 1.95. The highest BCUT2D eigenvalue weighted by molar-refractivity contribution is 6.08. The number of anilines is 1. The van der Waals surface area contributed by atoms with E-state index in [4.69, 9.17) is 4.84 Å². The van der Waals surface area contributed by atoms with Crippen molar-refractivity contribution in [2.24, 2.45) is 5.16 Å². The third kappa shape index (κ3) is 3.05. The van der Waals surface area contributed by atoms with Crippen LogP contribution in [0.15, 0.2) is 17.4 Å². The van der Waals surface area contributed by atoms with E-state index in [0.717, 1.165) is 40.2 Å². The summed E-state index contributed by atoms with van der Waals surface area (Å²) >= 11 is 0. The summed E-state index contributed by atoms with van der Waals surface area (Å²) in [6.45, 7) is 8.60. The van der Waals surface area contributed by atoms with Crippen LogP contribution in [0.5, 0.6) is 0 Å². The molecule has 27 heavy (non-hydrogen) atoms. The predicted molar refractivity (Wildman–Crippen MR) is 101 cm³/mol. The molecule has 9 heteroatoms. The molecule has 140 valence electrons. The molecule has 4 rings (SSSR count). The van der Waals surface area contributed by atoms with Crippen LogP contribution in [0.25, 0.3) is 11.0 Å². The standard InChI is InChI=1S/C18H21N7O2/c1-5-25-8-12(11(4)23-25)13-7-14(27-24-13)18(26)20-17-15-9(2)6-10(3)19-16(15)21-22-17/h6,8,14H,5,7H2,1-4H3,(H2,19,20,21,22,26). The number of nitrogens with zero attached hydrogens (tertiary/aromatic N) is 5. The highest BCUT2D eigenvalue weighted by atomic mass is 16.6. The largest absolute Gasteiger partial charge is 0.382 e. The number of aromatic nitrogens is 5. The van der Waals surface area contributed by atoms with Gasteiger partial charge in [-0.3, -0.25) is 14.6 Å². The maximum atomic E-state index is 12.7. The number of amides is 1. The molecule has 9 nitrogen and oxygen atoms in total. The molecule has 1 aliphatic heterocycles. The van der Waals surface area contributed by atoms with Gasteiger partial charge >= 0.3 is 0 Å². The molecular formula is C18H21N7O2. The highest BCUT2D eigenvalue weighted by Crippen LogP contribution is 2.25. The first kappa shape index (κ1) is 17.2. The van der Waals surface area contributed by atoms with Gasteiger partial charge in [0.05, 0.1) is 16.8 Å². The van der Waals surface area contributed by atoms with Gasteiger partial charge < -0.3 is 10.2 Å². The summed E-state index contributed by atoms with van der Waals surface area (Å²) in [5.41, 5.74) is 5.04. The lowest BCUT2D eigenvalue weighted by Gasteiger charge is -2.08. The van der Waals surface area contributed by atoms with E-state index in [-0.39, 0.29) is 5.91 Å². The van der Waals surface area contributed by atoms with Gasteiger partial charge in [0.2, 0.25) is 6.10 Å². The molecule has 0 radical (unpaired) electrons. The van der Waals surface area contributed by atoms with Gasteiger partial charge in [-0.25, -0.2) is 4.98 Å². The third-order valence-electron chi connectivity index (χ3n) is 4.64. The van der Waals surface area contributed by atoms with Crippen molar-refractivity contribution < 1.29 is 9.63 Å². The minimum absolute atomic E-state index is 0.289. The molecule has 1 unspecified atom stereocenters. The van der Waals surface area contributed by atoms with Gasteiger partial charge in [-0.15, -0.1) is 0 Å². The zero-order chi connectivity index (χ0) is 19.1. The van der Waals surface area contributed by atoms with Crippen LogP contribution in [0.4, 0.5) is 5.82 Å². The molecule has 1 aliphatic rings. The number of aromatic amines is 1. The van der Waals surface area contributed by atoms with E-state index in [9.17, 15) is 4.79 Å². The van der Waals surface area contributed by atoms with Crippen LogP contribution in [0, 0.1) is 20.8 Å². The van der Waals surface area contributed by atoms with Gasteiger partial charge in [-0.2, -0.15) is 10.2 Å². The molecule has 0 bridgehead atoms. The molecule has 0 aliphatic carbocycles. The van der Waals surface area contributed by atoms with Crippen molar-refractivity contribution >= 4 is 28.5 Å². The Morgan fingerprint density at radius 3 is 2.96 bits per heavy atom. The maximum absolute atomic E-state index is 12.7.